The number of nitrogens with one attached hydrogen (secondary N) is 2. The number of ether oxygens (including phenoxy) is 2. The monoisotopic (exact) mass is 490 g/mol. The van der Waals surface area contributed by atoms with Crippen molar-refractivity contribution in [2.75, 3.05) is 31.7 Å². The Balaban J connectivity index is 1.74. The Morgan fingerprint density at radius 2 is 2.19 bits per heavy atom. The molecule has 1 saturated heterocycles. The van der Waals surface area contributed by atoms with Gasteiger partial charge in [0.05, 0.1) is 41.1 Å². The number of aromatic carboxylic acids is 1. The summed E-state index contributed by atoms with van der Waals surface area (Å²) < 4.78 is 11.3. The second-order valence-corrected chi connectivity index (χ2v) is 9.06. The van der Waals surface area contributed by atoms with Gasteiger partial charge in [-0.15, -0.1) is 0 Å². The van der Waals surface area contributed by atoms with Crippen LogP contribution in [0.2, 0.25) is 10.0 Å². The highest BCUT2D eigenvalue weighted by Crippen LogP contribution is 2.30. The van der Waals surface area contributed by atoms with Gasteiger partial charge in [-0.3, -0.25) is 4.79 Å². The smallest absolute Gasteiger partial charge is 0.347 e. The predicted octanol–water partition coefficient (Wildman–Crippen LogP) is 3.21. The number of nitrogens with zero attached hydrogens (tertiary/aromatic N) is 2. The molecule has 2 aromatic rings. The average molecular weight is 491 g/mol. The lowest BCUT2D eigenvalue weighted by molar-refractivity contribution is -0.0347. The van der Waals surface area contributed by atoms with Crippen molar-refractivity contribution in [1.82, 2.24) is 15.3 Å². The molecule has 0 spiro atoms. The van der Waals surface area contributed by atoms with Gasteiger partial charge in [0.2, 0.25) is 0 Å². The number of aromatic nitrogens is 2. The van der Waals surface area contributed by atoms with Gasteiger partial charge in [0.15, 0.2) is 5.13 Å². The zero-order valence-electron chi connectivity index (χ0n) is 17.3. The van der Waals surface area contributed by atoms with Crippen LogP contribution < -0.4 is 10.2 Å². The number of carboxylic acids is 1. The molecule has 0 aromatic carbocycles. The van der Waals surface area contributed by atoms with E-state index in [0.29, 0.717) is 42.0 Å². The summed E-state index contributed by atoms with van der Waals surface area (Å²) in [7, 11) is 1.60. The summed E-state index contributed by atoms with van der Waals surface area (Å²) in [6, 6.07) is -0.287. The van der Waals surface area contributed by atoms with Gasteiger partial charge >= 0.3 is 5.97 Å². The zero-order chi connectivity index (χ0) is 22.7. The van der Waals surface area contributed by atoms with E-state index in [2.05, 4.69) is 15.3 Å². The van der Waals surface area contributed by atoms with E-state index in [9.17, 15) is 9.59 Å². The van der Waals surface area contributed by atoms with Crippen LogP contribution in [0, 0.1) is 6.92 Å². The van der Waals surface area contributed by atoms with Gasteiger partial charge in [-0.1, -0.05) is 34.5 Å². The number of halogens is 2. The standard InChI is InChI=1S/C19H24Cl2N4O5S/c1-9(29-3)8-30-12-7-25(19-22-6-13(31-19)18(27)28)5-4-11(12)24-17(26)16-15(21)14(20)10(2)23-16/h6,9,11-12,23H,4-5,7-8H2,1-3H3,(H,24,26)(H,27,28). The van der Waals surface area contributed by atoms with Crippen molar-refractivity contribution in [1.29, 1.82) is 0 Å². The number of aryl methyl sites for hydroxylation is 1. The molecule has 9 nitrogen and oxygen atoms in total. The zero-order valence-corrected chi connectivity index (χ0v) is 19.6. The van der Waals surface area contributed by atoms with Crippen LogP contribution in [0.15, 0.2) is 6.20 Å². The summed E-state index contributed by atoms with van der Waals surface area (Å²) in [6.45, 7) is 4.98. The maximum Gasteiger partial charge on any atom is 0.347 e. The molecule has 3 N–H and O–H groups in total. The maximum absolute atomic E-state index is 12.8. The summed E-state index contributed by atoms with van der Waals surface area (Å²) in [4.78, 5) is 33.3. The molecule has 3 rings (SSSR count). The molecule has 1 aliphatic heterocycles. The highest BCUT2D eigenvalue weighted by atomic mass is 35.5. The van der Waals surface area contributed by atoms with Crippen LogP contribution in [0.25, 0.3) is 0 Å². The van der Waals surface area contributed by atoms with Gasteiger partial charge in [0.1, 0.15) is 10.6 Å². The van der Waals surface area contributed by atoms with E-state index < -0.39 is 5.97 Å². The minimum Gasteiger partial charge on any atom is -0.477 e. The highest BCUT2D eigenvalue weighted by Gasteiger charge is 2.34. The van der Waals surface area contributed by atoms with Gasteiger partial charge in [-0.2, -0.15) is 0 Å². The van der Waals surface area contributed by atoms with Crippen LogP contribution in [-0.2, 0) is 9.47 Å². The number of H-pyrrole nitrogens is 1. The number of methoxy groups -OCH3 is 1. The van der Waals surface area contributed by atoms with Crippen LogP contribution in [-0.4, -0.2) is 72.0 Å². The summed E-state index contributed by atoms with van der Waals surface area (Å²) in [6.07, 6.45) is 1.44. The number of carboxylic acid groups (broad SMARTS) is 1. The van der Waals surface area contributed by atoms with Crippen molar-refractivity contribution in [3.63, 3.8) is 0 Å². The Bertz CT molecular complexity index is 950. The Morgan fingerprint density at radius 1 is 1.45 bits per heavy atom. The third kappa shape index (κ3) is 5.50. The number of anilines is 1. The topological polar surface area (TPSA) is 117 Å². The summed E-state index contributed by atoms with van der Waals surface area (Å²) in [5.74, 6) is -1.38. The molecular weight excluding hydrogens is 467 g/mol. The van der Waals surface area contributed by atoms with E-state index in [4.69, 9.17) is 37.8 Å². The SMILES string of the molecule is COC(C)COC1CN(c2ncc(C(=O)O)s2)CCC1NC(=O)c1[nH]c(C)c(Cl)c1Cl. The fourth-order valence-electron chi connectivity index (χ4n) is 3.23. The number of hydrogen-bond donors (Lipinski definition) is 3. The van der Waals surface area contributed by atoms with E-state index in [0.717, 1.165) is 11.3 Å². The highest BCUT2D eigenvalue weighted by molar-refractivity contribution is 7.17. The maximum atomic E-state index is 12.8. The van der Waals surface area contributed by atoms with E-state index in [-0.39, 0.29) is 39.8 Å². The van der Waals surface area contributed by atoms with Crippen molar-refractivity contribution in [3.8, 4) is 0 Å². The predicted molar refractivity (Wildman–Crippen MR) is 119 cm³/mol. The number of hydrogen-bond acceptors (Lipinski definition) is 7. The van der Waals surface area contributed by atoms with Gasteiger partial charge in [0.25, 0.3) is 5.91 Å². The summed E-state index contributed by atoms with van der Waals surface area (Å²) >= 11 is 13.4. The second kappa shape index (κ2) is 10.2. The molecule has 170 valence electrons. The number of aromatic amines is 1. The minimum atomic E-state index is -1.01. The lowest BCUT2D eigenvalue weighted by atomic mass is 10.0. The Morgan fingerprint density at radius 3 is 2.77 bits per heavy atom. The van der Waals surface area contributed by atoms with Crippen LogP contribution in [0.5, 0.6) is 0 Å². The van der Waals surface area contributed by atoms with Crippen molar-refractivity contribution in [2.45, 2.75) is 38.5 Å². The van der Waals surface area contributed by atoms with Gasteiger partial charge in [-0.25, -0.2) is 9.78 Å². The first-order chi connectivity index (χ1) is 14.7. The third-order valence-corrected chi connectivity index (χ3v) is 7.07. The largest absolute Gasteiger partial charge is 0.477 e. The Labute approximate surface area is 193 Å². The molecule has 1 aliphatic rings. The van der Waals surface area contributed by atoms with Crippen molar-refractivity contribution >= 4 is 51.5 Å². The summed E-state index contributed by atoms with van der Waals surface area (Å²) in [5, 5.41) is 13.3. The molecule has 0 aliphatic carbocycles. The van der Waals surface area contributed by atoms with Crippen molar-refractivity contribution in [3.05, 3.63) is 32.5 Å². The van der Waals surface area contributed by atoms with E-state index in [1.807, 2.05) is 11.8 Å². The normalized spacial score (nSPS) is 20.0. The number of carbonyl (C=O) groups is 2. The Kier molecular flexibility index (Phi) is 7.82. The fraction of sp³-hybridized carbons (Fsp3) is 0.526. The van der Waals surface area contributed by atoms with E-state index in [1.54, 1.807) is 14.0 Å². The molecule has 31 heavy (non-hydrogen) atoms. The first-order valence-corrected chi connectivity index (χ1v) is 11.2. The summed E-state index contributed by atoms with van der Waals surface area (Å²) in [5.41, 5.74) is 0.827. The molecular formula is C19H24Cl2N4O5S. The van der Waals surface area contributed by atoms with Crippen LogP contribution in [0.4, 0.5) is 5.13 Å². The minimum absolute atomic E-state index is 0.121. The molecule has 3 unspecified atom stereocenters. The van der Waals surface area contributed by atoms with E-state index >= 15 is 0 Å². The molecule has 12 heteroatoms. The molecule has 0 saturated carbocycles. The number of amides is 1. The second-order valence-electron chi connectivity index (χ2n) is 7.30. The fourth-order valence-corrected chi connectivity index (χ4v) is 4.44. The van der Waals surface area contributed by atoms with Gasteiger partial charge in [0, 0.05) is 25.9 Å². The van der Waals surface area contributed by atoms with Gasteiger partial charge < -0.3 is 29.8 Å². The van der Waals surface area contributed by atoms with Crippen LogP contribution in [0.3, 0.4) is 0 Å². The van der Waals surface area contributed by atoms with Gasteiger partial charge in [-0.05, 0) is 20.3 Å². The average Bonchev–Trinajstić information content (AvgIpc) is 3.34. The molecule has 1 fully saturated rings. The van der Waals surface area contributed by atoms with Crippen LogP contribution >= 0.6 is 34.5 Å². The lowest BCUT2D eigenvalue weighted by Gasteiger charge is -2.38. The molecule has 3 atom stereocenters. The molecule has 3 heterocycles. The molecule has 0 radical (unpaired) electrons. The van der Waals surface area contributed by atoms with Crippen molar-refractivity contribution < 1.29 is 24.2 Å². The molecule has 2 aromatic heterocycles. The van der Waals surface area contributed by atoms with Crippen LogP contribution in [0.1, 0.15) is 39.2 Å². The number of rotatable bonds is 8. The van der Waals surface area contributed by atoms with E-state index in [1.165, 1.54) is 6.20 Å². The van der Waals surface area contributed by atoms with Crippen molar-refractivity contribution in [2.24, 2.45) is 0 Å². The number of piperidine rings is 1. The Hall–Kier alpha value is -1.85. The lowest BCUT2D eigenvalue weighted by Crippen LogP contribution is -2.55. The third-order valence-electron chi connectivity index (χ3n) is 5.08. The first-order valence-electron chi connectivity index (χ1n) is 9.64. The first kappa shape index (κ1) is 23.8. The quantitative estimate of drug-likeness (QED) is 0.519. The number of thiazole rings is 1. The number of carbonyl (C=O) groups excluding carboxylic acids is 1. The molecule has 0 bridgehead atoms. The molecule has 1 amide bonds.